The first-order valence-corrected chi connectivity index (χ1v) is 7.34. The molecule has 0 radical (unpaired) electrons. The van der Waals surface area contributed by atoms with Crippen molar-refractivity contribution in [2.24, 2.45) is 0 Å². The molecule has 19 heavy (non-hydrogen) atoms. The fourth-order valence-electron chi connectivity index (χ4n) is 1.87. The van der Waals surface area contributed by atoms with E-state index in [1.807, 2.05) is 0 Å². The van der Waals surface area contributed by atoms with Crippen molar-refractivity contribution in [3.8, 4) is 0 Å². The molecule has 0 saturated heterocycles. The van der Waals surface area contributed by atoms with Gasteiger partial charge >= 0.3 is 5.51 Å². The maximum atomic E-state index is 12.2. The Hall–Kier alpha value is -0.680. The lowest BCUT2D eigenvalue weighted by molar-refractivity contribution is -0.0328. The Bertz CT molecular complexity index is 362. The quantitative estimate of drug-likeness (QED) is 0.712. The third-order valence-electron chi connectivity index (χ3n) is 2.88. The normalized spacial score (nSPS) is 13.5. The molecule has 1 aromatic rings. The summed E-state index contributed by atoms with van der Waals surface area (Å²) in [7, 11) is 0. The summed E-state index contributed by atoms with van der Waals surface area (Å²) in [6, 6.07) is 7.03. The average Bonchev–Trinajstić information content (AvgIpc) is 2.34. The molecule has 0 heterocycles. The van der Waals surface area contributed by atoms with Crippen LogP contribution in [-0.2, 0) is 6.54 Å². The second kappa shape index (κ2) is 7.80. The van der Waals surface area contributed by atoms with Gasteiger partial charge in [-0.25, -0.2) is 0 Å². The van der Waals surface area contributed by atoms with E-state index in [9.17, 15) is 13.2 Å². The van der Waals surface area contributed by atoms with Crippen molar-refractivity contribution >= 4 is 11.8 Å². The molecule has 5 heteroatoms. The highest BCUT2D eigenvalue weighted by Crippen LogP contribution is 2.36. The van der Waals surface area contributed by atoms with Crippen LogP contribution < -0.4 is 5.32 Å². The Labute approximate surface area is 117 Å². The molecule has 108 valence electrons. The molecule has 1 aromatic carbocycles. The van der Waals surface area contributed by atoms with Gasteiger partial charge in [-0.05, 0) is 42.3 Å². The Morgan fingerprint density at radius 2 is 1.79 bits per heavy atom. The Morgan fingerprint density at radius 3 is 2.26 bits per heavy atom. The van der Waals surface area contributed by atoms with Gasteiger partial charge in [0, 0.05) is 17.5 Å². The van der Waals surface area contributed by atoms with Crippen LogP contribution in [0.15, 0.2) is 29.2 Å². The maximum Gasteiger partial charge on any atom is 0.446 e. The van der Waals surface area contributed by atoms with Crippen molar-refractivity contribution in [3.63, 3.8) is 0 Å². The fourth-order valence-corrected chi connectivity index (χ4v) is 2.41. The van der Waals surface area contributed by atoms with E-state index in [1.54, 1.807) is 12.1 Å². The first-order valence-electron chi connectivity index (χ1n) is 6.52. The Morgan fingerprint density at radius 1 is 1.16 bits per heavy atom. The van der Waals surface area contributed by atoms with E-state index in [-0.39, 0.29) is 16.7 Å². The average molecular weight is 291 g/mol. The first kappa shape index (κ1) is 16.4. The smallest absolute Gasteiger partial charge is 0.310 e. The molecule has 0 amide bonds. The number of hydrogen-bond donors (Lipinski definition) is 1. The van der Waals surface area contributed by atoms with E-state index >= 15 is 0 Å². The molecule has 1 rings (SSSR count). The van der Waals surface area contributed by atoms with Gasteiger partial charge in [0.1, 0.15) is 0 Å². The molecule has 0 aliphatic rings. The van der Waals surface area contributed by atoms with Crippen LogP contribution in [0.2, 0.25) is 0 Å². The molecule has 0 aromatic heterocycles. The van der Waals surface area contributed by atoms with E-state index in [0.29, 0.717) is 12.6 Å². The zero-order valence-corrected chi connectivity index (χ0v) is 12.1. The third kappa shape index (κ3) is 6.87. The van der Waals surface area contributed by atoms with Crippen molar-refractivity contribution < 1.29 is 13.2 Å². The van der Waals surface area contributed by atoms with Crippen LogP contribution in [0.25, 0.3) is 0 Å². The van der Waals surface area contributed by atoms with Gasteiger partial charge in [0.15, 0.2) is 0 Å². The van der Waals surface area contributed by atoms with Gasteiger partial charge in [-0.1, -0.05) is 32.4 Å². The predicted octanol–water partition coefficient (Wildman–Crippen LogP) is 4.97. The highest BCUT2D eigenvalue weighted by atomic mass is 32.2. The van der Waals surface area contributed by atoms with Crippen LogP contribution in [0.1, 0.15) is 38.7 Å². The molecular weight excluding hydrogens is 271 g/mol. The maximum absolute atomic E-state index is 12.2. The van der Waals surface area contributed by atoms with Crippen molar-refractivity contribution in [2.45, 2.75) is 56.1 Å². The van der Waals surface area contributed by atoms with E-state index in [4.69, 9.17) is 0 Å². The number of alkyl halides is 3. The van der Waals surface area contributed by atoms with Crippen LogP contribution in [0.3, 0.4) is 0 Å². The highest BCUT2D eigenvalue weighted by Gasteiger charge is 2.28. The molecule has 0 aliphatic heterocycles. The highest BCUT2D eigenvalue weighted by molar-refractivity contribution is 8.00. The number of benzene rings is 1. The molecule has 0 bridgehead atoms. The number of rotatable bonds is 7. The van der Waals surface area contributed by atoms with Gasteiger partial charge in [0.25, 0.3) is 0 Å². The van der Waals surface area contributed by atoms with Gasteiger partial charge in [0.2, 0.25) is 0 Å². The Balaban J connectivity index is 2.48. The minimum atomic E-state index is -4.21. The summed E-state index contributed by atoms with van der Waals surface area (Å²) in [5.74, 6) is 0. The molecule has 0 aliphatic carbocycles. The molecule has 0 fully saturated rings. The van der Waals surface area contributed by atoms with Crippen molar-refractivity contribution in [1.29, 1.82) is 0 Å². The van der Waals surface area contributed by atoms with Crippen molar-refractivity contribution in [2.75, 3.05) is 0 Å². The number of halogens is 3. The topological polar surface area (TPSA) is 12.0 Å². The summed E-state index contributed by atoms with van der Waals surface area (Å²) < 4.78 is 36.5. The molecule has 0 spiro atoms. The van der Waals surface area contributed by atoms with Crippen LogP contribution in [-0.4, -0.2) is 11.6 Å². The minimum absolute atomic E-state index is 0.0739. The second-order valence-corrected chi connectivity index (χ2v) is 5.60. The lowest BCUT2D eigenvalue weighted by Gasteiger charge is -2.16. The van der Waals surface area contributed by atoms with Crippen LogP contribution >= 0.6 is 11.8 Å². The standard InChI is InChI=1S/C14H20F3NS/c1-3-5-12(4-2)18-10-11-6-8-13(9-7-11)19-14(15,16)17/h6-9,12,18H,3-5,10H2,1-2H3. The lowest BCUT2D eigenvalue weighted by atomic mass is 10.1. The third-order valence-corrected chi connectivity index (χ3v) is 3.62. The second-order valence-electron chi connectivity index (χ2n) is 4.47. The molecule has 1 nitrogen and oxygen atoms in total. The zero-order chi connectivity index (χ0) is 14.3. The molecule has 1 atom stereocenters. The molecule has 1 N–H and O–H groups in total. The lowest BCUT2D eigenvalue weighted by Crippen LogP contribution is -2.27. The summed E-state index contributed by atoms with van der Waals surface area (Å²) >= 11 is -0.0739. The predicted molar refractivity (Wildman–Crippen MR) is 74.2 cm³/mol. The van der Waals surface area contributed by atoms with E-state index in [0.717, 1.165) is 24.8 Å². The van der Waals surface area contributed by atoms with Crippen LogP contribution in [0.5, 0.6) is 0 Å². The van der Waals surface area contributed by atoms with Gasteiger partial charge in [0.05, 0.1) is 0 Å². The van der Waals surface area contributed by atoms with Crippen LogP contribution in [0.4, 0.5) is 13.2 Å². The summed E-state index contributed by atoms with van der Waals surface area (Å²) in [4.78, 5) is 0.233. The first-order chi connectivity index (χ1) is 8.94. The van der Waals surface area contributed by atoms with E-state index in [2.05, 4.69) is 19.2 Å². The van der Waals surface area contributed by atoms with Gasteiger partial charge < -0.3 is 5.32 Å². The van der Waals surface area contributed by atoms with Crippen LogP contribution in [0, 0.1) is 0 Å². The number of thioether (sulfide) groups is 1. The largest absolute Gasteiger partial charge is 0.446 e. The van der Waals surface area contributed by atoms with Crippen molar-refractivity contribution in [3.05, 3.63) is 29.8 Å². The summed E-state index contributed by atoms with van der Waals surface area (Å²) in [6.45, 7) is 4.99. The molecular formula is C14H20F3NS. The van der Waals surface area contributed by atoms with E-state index < -0.39 is 5.51 Å². The summed E-state index contributed by atoms with van der Waals surface area (Å²) in [5.41, 5.74) is -3.20. The molecule has 1 unspecified atom stereocenters. The summed E-state index contributed by atoms with van der Waals surface area (Å²) in [5, 5.41) is 3.43. The Kier molecular flexibility index (Phi) is 6.72. The number of hydrogen-bond acceptors (Lipinski definition) is 2. The molecule has 0 saturated carbocycles. The minimum Gasteiger partial charge on any atom is -0.310 e. The van der Waals surface area contributed by atoms with E-state index in [1.165, 1.54) is 12.1 Å². The fraction of sp³-hybridized carbons (Fsp3) is 0.571. The number of nitrogens with one attached hydrogen (secondary N) is 1. The summed E-state index contributed by atoms with van der Waals surface area (Å²) in [6.07, 6.45) is 3.32. The monoisotopic (exact) mass is 291 g/mol. The van der Waals surface area contributed by atoms with Crippen molar-refractivity contribution in [1.82, 2.24) is 5.32 Å². The van der Waals surface area contributed by atoms with Gasteiger partial charge in [-0.15, -0.1) is 0 Å². The van der Waals surface area contributed by atoms with Gasteiger partial charge in [-0.3, -0.25) is 0 Å². The zero-order valence-electron chi connectivity index (χ0n) is 11.3. The van der Waals surface area contributed by atoms with Gasteiger partial charge in [-0.2, -0.15) is 13.2 Å². The SMILES string of the molecule is CCCC(CC)NCc1ccc(SC(F)(F)F)cc1.